The monoisotopic (exact) mass is 1370 g/mol. The summed E-state index contributed by atoms with van der Waals surface area (Å²) in [6.07, 6.45) is -13.3. The average Bonchev–Trinajstić information content (AvgIpc) is 1.19. The second-order valence-corrected chi connectivity index (χ2v) is 29.2. The highest BCUT2D eigenvalue weighted by Crippen LogP contribution is 2.62. The number of halogens is 9. The number of nitriles is 1. The van der Waals surface area contributed by atoms with Gasteiger partial charge in [0.05, 0.1) is 65.8 Å². The Morgan fingerprint density at radius 3 is 1.88 bits per heavy atom. The van der Waals surface area contributed by atoms with Crippen LogP contribution in [0.4, 0.5) is 39.5 Å². The molecule has 0 aromatic heterocycles. The first-order chi connectivity index (χ1) is 44.3. The Kier molecular flexibility index (Phi) is 29.1. The van der Waals surface area contributed by atoms with E-state index in [9.17, 15) is 44.8 Å². The summed E-state index contributed by atoms with van der Waals surface area (Å²) < 4.78 is 176. The van der Waals surface area contributed by atoms with E-state index in [1.807, 2.05) is 70.1 Å². The van der Waals surface area contributed by atoms with Crippen molar-refractivity contribution >= 4 is 30.1 Å². The summed E-state index contributed by atoms with van der Waals surface area (Å²) in [7, 11) is 7.59. The summed E-state index contributed by atoms with van der Waals surface area (Å²) in [5.41, 5.74) is -2.15. The zero-order chi connectivity index (χ0) is 67.5. The molecule has 0 amide bonds. The van der Waals surface area contributed by atoms with Crippen molar-refractivity contribution in [3.8, 4) is 23.3 Å². The van der Waals surface area contributed by atoms with Gasteiger partial charge in [-0.1, -0.05) is 89.2 Å². The van der Waals surface area contributed by atoms with Crippen LogP contribution in [0, 0.1) is 34.5 Å². The van der Waals surface area contributed by atoms with Crippen molar-refractivity contribution < 1.29 is 81.7 Å². The van der Waals surface area contributed by atoms with Crippen molar-refractivity contribution in [3.63, 3.8) is 0 Å². The summed E-state index contributed by atoms with van der Waals surface area (Å²) in [6.45, 7) is 13.3. The SMILES string of the molecule is COc1ccc(C(OCC(CCCOCCSSCCCN(C)CCOc2ccc3c(c2)CC[C@@H]2[C@@H]3CC[C@]3(C)[C@@H](OCCCOC(C(F)(F)F)(C(F)(F)F)C(F)(F)F)CC[C@@H]23)COP(OCCC#N)N(C(C)C)C(C)C)(c2ccccc2)c2ccc(OC)cc2)cc1. The molecular weight excluding hydrogens is 1280 g/mol. The number of ether oxygens (including phenoxy) is 7. The quantitative estimate of drug-likeness (QED) is 0.0139. The molecule has 3 aliphatic rings. The van der Waals surface area contributed by atoms with Crippen LogP contribution in [-0.4, -0.2) is 151 Å². The van der Waals surface area contributed by atoms with Gasteiger partial charge in [0.2, 0.25) is 0 Å². The van der Waals surface area contributed by atoms with Crippen molar-refractivity contribution in [1.82, 2.24) is 9.57 Å². The van der Waals surface area contributed by atoms with Gasteiger partial charge >= 0.3 is 24.1 Å². The first-order valence-corrected chi connectivity index (χ1v) is 35.9. The van der Waals surface area contributed by atoms with Crippen molar-refractivity contribution in [2.24, 2.45) is 23.2 Å². The van der Waals surface area contributed by atoms with E-state index in [1.165, 1.54) is 11.1 Å². The van der Waals surface area contributed by atoms with E-state index in [2.05, 4.69) is 111 Å². The topological polar surface area (TPSA) is 113 Å². The minimum atomic E-state index is -6.76. The van der Waals surface area contributed by atoms with Crippen LogP contribution in [0.25, 0.3) is 0 Å². The highest BCUT2D eigenvalue weighted by Gasteiger charge is 2.85. The second-order valence-electron chi connectivity index (χ2n) is 25.1. The van der Waals surface area contributed by atoms with Crippen LogP contribution >= 0.6 is 30.1 Å². The molecule has 0 radical (unpaired) electrons. The van der Waals surface area contributed by atoms with Crippen LogP contribution < -0.4 is 14.2 Å². The van der Waals surface area contributed by atoms with Gasteiger partial charge in [0.25, 0.3) is 8.53 Å². The number of fused-ring (bicyclic) bond motifs is 5. The highest BCUT2D eigenvalue weighted by atomic mass is 33.1. The standard InChI is InChI=1S/C69H93F9N3O9PS2/c1-49(2)81(50(3)4)91(89-41-13-35-79)90-48-51(47-88-65(53-17-10-9-11-18-53,54-20-24-56(82-7)25-21-54)55-22-26-57(83-8)27-23-55)16-12-38-84-43-45-93-92-44-14-36-80(6)37-42-85-58-28-30-59-52(46-58)19-29-61-60(59)33-34-64(5)62(61)31-32-63(64)86-39-15-40-87-66(67(70,71)72,68(73,74)75)69(76,77)78/h9-11,17-18,20-28,30,46,49-51,60-63H,12-16,19,29,31-34,36-45,47-48H2,1-8H3/t51?,60-,61-,62+,63+,64+,91?/m1/s1. The molecule has 2 saturated carbocycles. The van der Waals surface area contributed by atoms with Crippen molar-refractivity contribution in [3.05, 3.63) is 125 Å². The van der Waals surface area contributed by atoms with Crippen molar-refractivity contribution in [1.29, 1.82) is 5.26 Å². The van der Waals surface area contributed by atoms with Crippen LogP contribution in [0.2, 0.25) is 0 Å². The van der Waals surface area contributed by atoms with E-state index in [-0.39, 0.29) is 55.1 Å². The van der Waals surface area contributed by atoms with Gasteiger partial charge < -0.3 is 47.1 Å². The normalized spacial score (nSPS) is 20.2. The number of hydrogen-bond donors (Lipinski definition) is 0. The molecule has 0 spiro atoms. The average molecular weight is 1370 g/mol. The van der Waals surface area contributed by atoms with Gasteiger partial charge in [-0.05, 0) is 193 Å². The van der Waals surface area contributed by atoms with Crippen LogP contribution in [-0.2, 0) is 40.0 Å². The summed E-state index contributed by atoms with van der Waals surface area (Å²) >= 11 is 0. The molecule has 7 atom stereocenters. The van der Waals surface area contributed by atoms with Crippen LogP contribution in [0.15, 0.2) is 97.1 Å². The maximum atomic E-state index is 13.3. The number of likely N-dealkylation sites (N-methyl/N-ethyl adjacent to an activating group) is 1. The lowest BCUT2D eigenvalue weighted by Gasteiger charge is -2.50. The zero-order valence-corrected chi connectivity index (χ0v) is 57.3. The number of nitrogens with zero attached hydrogens (tertiary/aromatic N) is 3. The molecule has 3 aliphatic carbocycles. The molecule has 4 aromatic rings. The lowest BCUT2D eigenvalue weighted by atomic mass is 9.55. The van der Waals surface area contributed by atoms with Gasteiger partial charge in [-0.3, -0.25) is 0 Å². The highest BCUT2D eigenvalue weighted by molar-refractivity contribution is 8.76. The minimum absolute atomic E-state index is 0.0558. The van der Waals surface area contributed by atoms with Crippen molar-refractivity contribution in [2.45, 2.75) is 159 Å². The Morgan fingerprint density at radius 1 is 0.645 bits per heavy atom. The molecule has 2 fully saturated rings. The van der Waals surface area contributed by atoms with Gasteiger partial charge in [0, 0.05) is 49.3 Å². The van der Waals surface area contributed by atoms with Gasteiger partial charge in [-0.25, -0.2) is 4.67 Å². The predicted molar refractivity (Wildman–Crippen MR) is 348 cm³/mol. The van der Waals surface area contributed by atoms with Crippen LogP contribution in [0.5, 0.6) is 17.2 Å². The molecule has 2 unspecified atom stereocenters. The molecular formula is C69H93F9N3O9PS2. The van der Waals surface area contributed by atoms with E-state index in [4.69, 9.17) is 37.5 Å². The number of alkyl halides is 9. The van der Waals surface area contributed by atoms with Gasteiger partial charge in [0.1, 0.15) is 29.5 Å². The smallest absolute Gasteiger partial charge is 0.435 e. The van der Waals surface area contributed by atoms with E-state index in [1.54, 1.807) is 14.2 Å². The third-order valence-electron chi connectivity index (χ3n) is 18.3. The largest absolute Gasteiger partial charge is 0.497 e. The fraction of sp³-hybridized carbons (Fsp3) is 0.638. The first-order valence-electron chi connectivity index (χ1n) is 32.3. The Labute approximate surface area is 553 Å². The molecule has 0 saturated heterocycles. The zero-order valence-electron chi connectivity index (χ0n) is 54.7. The molecule has 24 heteroatoms. The van der Waals surface area contributed by atoms with Crippen LogP contribution in [0.3, 0.4) is 0 Å². The Bertz CT molecular complexity index is 2800. The number of aryl methyl sites for hydroxylation is 1. The van der Waals surface area contributed by atoms with E-state index < -0.39 is 51.3 Å². The van der Waals surface area contributed by atoms with Gasteiger partial charge in [-0.2, -0.15) is 44.8 Å². The Morgan fingerprint density at radius 2 is 1.27 bits per heavy atom. The molecule has 518 valence electrons. The Balaban J connectivity index is 0.829. The minimum Gasteiger partial charge on any atom is -0.497 e. The number of rotatable bonds is 39. The predicted octanol–water partition coefficient (Wildman–Crippen LogP) is 17.6. The second kappa shape index (κ2) is 35.5. The molecule has 12 nitrogen and oxygen atoms in total. The van der Waals surface area contributed by atoms with Crippen molar-refractivity contribution in [2.75, 3.05) is 98.7 Å². The number of benzene rings is 4. The van der Waals surface area contributed by atoms with E-state index >= 15 is 0 Å². The van der Waals surface area contributed by atoms with Crippen LogP contribution in [0.1, 0.15) is 133 Å². The number of methoxy groups -OCH3 is 2. The lowest BCUT2D eigenvalue weighted by molar-refractivity contribution is -0.457. The molecule has 7 rings (SSSR count). The molecule has 0 bridgehead atoms. The molecule has 0 N–H and O–H groups in total. The third-order valence-corrected chi connectivity index (χ3v) is 22.9. The Hall–Kier alpha value is -4.05. The third kappa shape index (κ3) is 19.4. The summed E-state index contributed by atoms with van der Waals surface area (Å²) in [6, 6.07) is 35.2. The fourth-order valence-corrected chi connectivity index (χ4v) is 17.4. The lowest BCUT2D eigenvalue weighted by Crippen LogP contribution is -2.67. The van der Waals surface area contributed by atoms with Gasteiger partial charge in [-0.15, -0.1) is 0 Å². The van der Waals surface area contributed by atoms with E-state index in [0.29, 0.717) is 51.3 Å². The molecule has 4 aromatic carbocycles. The van der Waals surface area contributed by atoms with Gasteiger partial charge in [0.15, 0.2) is 0 Å². The summed E-state index contributed by atoms with van der Waals surface area (Å²) in [4.78, 5) is 2.28. The molecule has 0 aliphatic heterocycles. The maximum Gasteiger partial charge on any atom is 0.435 e. The number of hydrogen-bond acceptors (Lipinski definition) is 14. The molecule has 93 heavy (non-hydrogen) atoms. The first kappa shape index (κ1) is 76.3. The summed E-state index contributed by atoms with van der Waals surface area (Å²) in [5, 5.41) is 9.38. The summed E-state index contributed by atoms with van der Waals surface area (Å²) in [5.74, 6) is 5.07. The fourth-order valence-electron chi connectivity index (χ4n) is 13.7. The maximum absolute atomic E-state index is 13.3. The van der Waals surface area contributed by atoms with E-state index in [0.717, 1.165) is 110 Å². The molecule has 0 heterocycles.